The van der Waals surface area contributed by atoms with Gasteiger partial charge in [-0.3, -0.25) is 9.69 Å². The van der Waals surface area contributed by atoms with Crippen LogP contribution in [-0.4, -0.2) is 67.3 Å². The lowest BCUT2D eigenvalue weighted by Crippen LogP contribution is -2.62. The molecule has 0 N–H and O–H groups in total. The van der Waals surface area contributed by atoms with Crippen molar-refractivity contribution in [3.63, 3.8) is 0 Å². The maximum Gasteiger partial charge on any atom is 0.405 e. The molecule has 1 aliphatic heterocycles. The molecule has 0 aliphatic carbocycles. The molecule has 0 saturated carbocycles. The third-order valence-corrected chi connectivity index (χ3v) is 4.30. The van der Waals surface area contributed by atoms with E-state index in [-0.39, 0.29) is 25.7 Å². The molecule has 1 aromatic rings. The molecule has 25 heavy (non-hydrogen) atoms. The molecule has 0 radical (unpaired) electrons. The number of nitrogens with zero attached hydrogens (tertiary/aromatic N) is 2. The molecular weight excluding hydrogens is 337 g/mol. The molecule has 1 aromatic carbocycles. The SMILES string of the molecule is CCOc1ccccc1OCC(=O)N1CC(C)N(C)C(C(F)(F)F)C1. The zero-order chi connectivity index (χ0) is 18.6. The van der Waals surface area contributed by atoms with E-state index in [2.05, 4.69) is 0 Å². The lowest BCUT2D eigenvalue weighted by atomic mass is 10.1. The van der Waals surface area contributed by atoms with Crippen molar-refractivity contribution in [2.75, 3.05) is 33.4 Å². The van der Waals surface area contributed by atoms with Crippen molar-refractivity contribution in [3.8, 4) is 11.5 Å². The minimum atomic E-state index is -4.38. The molecule has 1 saturated heterocycles. The van der Waals surface area contributed by atoms with E-state index in [1.165, 1.54) is 16.8 Å². The lowest BCUT2D eigenvalue weighted by molar-refractivity contribution is -0.201. The number of rotatable bonds is 5. The zero-order valence-corrected chi connectivity index (χ0v) is 14.5. The standard InChI is InChI=1S/C17H23F3N2O3/c1-4-24-13-7-5-6-8-14(13)25-11-16(23)22-9-12(2)21(3)15(10-22)17(18,19)20/h5-8,12,15H,4,9-11H2,1-3H3. The quantitative estimate of drug-likeness (QED) is 0.809. The van der Waals surface area contributed by atoms with Gasteiger partial charge in [0, 0.05) is 19.1 Å². The summed E-state index contributed by atoms with van der Waals surface area (Å²) < 4.78 is 50.4. The first kappa shape index (κ1) is 19.4. The third-order valence-electron chi connectivity index (χ3n) is 4.30. The average Bonchev–Trinajstić information content (AvgIpc) is 2.55. The molecule has 2 unspecified atom stereocenters. The van der Waals surface area contributed by atoms with Crippen LogP contribution in [0.5, 0.6) is 11.5 Å². The summed E-state index contributed by atoms with van der Waals surface area (Å²) in [5.74, 6) is 0.422. The summed E-state index contributed by atoms with van der Waals surface area (Å²) in [7, 11) is 1.43. The van der Waals surface area contributed by atoms with E-state index in [1.54, 1.807) is 31.2 Å². The minimum absolute atomic E-state index is 0.235. The highest BCUT2D eigenvalue weighted by Gasteiger charge is 2.47. The summed E-state index contributed by atoms with van der Waals surface area (Å²) in [5, 5.41) is 0. The van der Waals surface area contributed by atoms with Crippen LogP contribution in [0.1, 0.15) is 13.8 Å². The first-order chi connectivity index (χ1) is 11.7. The van der Waals surface area contributed by atoms with Gasteiger partial charge in [0.25, 0.3) is 5.91 Å². The van der Waals surface area contributed by atoms with E-state index < -0.39 is 18.1 Å². The molecular formula is C17H23F3N2O3. The molecule has 2 atom stereocenters. The average molecular weight is 360 g/mol. The van der Waals surface area contributed by atoms with Crippen LogP contribution in [0, 0.1) is 0 Å². The molecule has 0 spiro atoms. The molecule has 1 amide bonds. The summed E-state index contributed by atoms with van der Waals surface area (Å²) in [4.78, 5) is 14.8. The predicted octanol–water partition coefficient (Wildman–Crippen LogP) is 2.56. The van der Waals surface area contributed by atoms with Crippen molar-refractivity contribution in [1.29, 1.82) is 0 Å². The van der Waals surface area contributed by atoms with Crippen LogP contribution in [0.15, 0.2) is 24.3 Å². The van der Waals surface area contributed by atoms with Crippen molar-refractivity contribution in [3.05, 3.63) is 24.3 Å². The second-order valence-corrected chi connectivity index (χ2v) is 6.04. The van der Waals surface area contributed by atoms with E-state index in [1.807, 2.05) is 6.92 Å². The molecule has 5 nitrogen and oxygen atoms in total. The Morgan fingerprint density at radius 3 is 2.36 bits per heavy atom. The highest BCUT2D eigenvalue weighted by molar-refractivity contribution is 5.78. The maximum absolute atomic E-state index is 13.2. The molecule has 1 heterocycles. The van der Waals surface area contributed by atoms with Crippen LogP contribution in [-0.2, 0) is 4.79 Å². The number of amides is 1. The number of ether oxygens (including phenoxy) is 2. The van der Waals surface area contributed by atoms with Gasteiger partial charge in [-0.15, -0.1) is 0 Å². The first-order valence-corrected chi connectivity index (χ1v) is 8.15. The minimum Gasteiger partial charge on any atom is -0.490 e. The van der Waals surface area contributed by atoms with Gasteiger partial charge in [0.15, 0.2) is 18.1 Å². The van der Waals surface area contributed by atoms with E-state index in [0.717, 1.165) is 0 Å². The van der Waals surface area contributed by atoms with Gasteiger partial charge < -0.3 is 14.4 Å². The largest absolute Gasteiger partial charge is 0.490 e. The highest BCUT2D eigenvalue weighted by Crippen LogP contribution is 2.30. The summed E-state index contributed by atoms with van der Waals surface area (Å²) in [6.45, 7) is 3.45. The Balaban J connectivity index is 2.01. The van der Waals surface area contributed by atoms with Crippen molar-refractivity contribution in [2.45, 2.75) is 32.1 Å². The third kappa shape index (κ3) is 4.78. The number of likely N-dealkylation sites (N-methyl/N-ethyl adjacent to an activating group) is 1. The molecule has 0 aromatic heterocycles. The van der Waals surface area contributed by atoms with Gasteiger partial charge >= 0.3 is 6.18 Å². The normalized spacial score (nSPS) is 21.9. The van der Waals surface area contributed by atoms with Gasteiger partial charge in [0.05, 0.1) is 6.61 Å². The fourth-order valence-corrected chi connectivity index (χ4v) is 2.78. The number of carbonyl (C=O) groups excluding carboxylic acids is 1. The Hall–Kier alpha value is -1.96. The molecule has 1 fully saturated rings. The Bertz CT molecular complexity index is 595. The van der Waals surface area contributed by atoms with E-state index in [0.29, 0.717) is 18.1 Å². The molecule has 0 bridgehead atoms. The van der Waals surface area contributed by atoms with E-state index in [4.69, 9.17) is 9.47 Å². The van der Waals surface area contributed by atoms with E-state index in [9.17, 15) is 18.0 Å². The Labute approximate surface area is 145 Å². The number of alkyl halides is 3. The monoisotopic (exact) mass is 360 g/mol. The second-order valence-electron chi connectivity index (χ2n) is 6.04. The number of hydrogen-bond acceptors (Lipinski definition) is 4. The Morgan fingerprint density at radius 2 is 1.80 bits per heavy atom. The highest BCUT2D eigenvalue weighted by atomic mass is 19.4. The first-order valence-electron chi connectivity index (χ1n) is 8.15. The molecule has 8 heteroatoms. The van der Waals surface area contributed by atoms with Crippen molar-refractivity contribution in [1.82, 2.24) is 9.80 Å². The number of piperazine rings is 1. The summed E-state index contributed by atoms with van der Waals surface area (Å²) >= 11 is 0. The zero-order valence-electron chi connectivity index (χ0n) is 14.5. The second kappa shape index (κ2) is 7.95. The maximum atomic E-state index is 13.2. The van der Waals surface area contributed by atoms with Crippen LogP contribution >= 0.6 is 0 Å². The Kier molecular flexibility index (Phi) is 6.16. The molecule has 2 rings (SSSR count). The molecule has 1 aliphatic rings. The van der Waals surface area contributed by atoms with Crippen LogP contribution in [0.25, 0.3) is 0 Å². The van der Waals surface area contributed by atoms with Gasteiger partial charge in [-0.05, 0) is 33.0 Å². The molecule has 140 valence electrons. The predicted molar refractivity (Wildman–Crippen MR) is 86.8 cm³/mol. The van der Waals surface area contributed by atoms with Crippen LogP contribution in [0.2, 0.25) is 0 Å². The van der Waals surface area contributed by atoms with Crippen molar-refractivity contribution in [2.24, 2.45) is 0 Å². The fraction of sp³-hybridized carbons (Fsp3) is 0.588. The summed E-state index contributed by atoms with van der Waals surface area (Å²) in [6.07, 6.45) is -4.38. The Morgan fingerprint density at radius 1 is 1.20 bits per heavy atom. The number of carbonyl (C=O) groups is 1. The van der Waals surface area contributed by atoms with Gasteiger partial charge in [-0.1, -0.05) is 12.1 Å². The summed E-state index contributed by atoms with van der Waals surface area (Å²) in [6, 6.07) is 4.82. The number of para-hydroxylation sites is 2. The number of benzene rings is 1. The van der Waals surface area contributed by atoms with Gasteiger partial charge in [-0.2, -0.15) is 13.2 Å². The van der Waals surface area contributed by atoms with Crippen molar-refractivity contribution >= 4 is 5.91 Å². The van der Waals surface area contributed by atoms with Crippen LogP contribution in [0.4, 0.5) is 13.2 Å². The van der Waals surface area contributed by atoms with Crippen molar-refractivity contribution < 1.29 is 27.4 Å². The lowest BCUT2D eigenvalue weighted by Gasteiger charge is -2.44. The summed E-state index contributed by atoms with van der Waals surface area (Å²) in [5.41, 5.74) is 0. The topological polar surface area (TPSA) is 42.0 Å². The smallest absolute Gasteiger partial charge is 0.405 e. The van der Waals surface area contributed by atoms with Gasteiger partial charge in [0.1, 0.15) is 6.04 Å². The van der Waals surface area contributed by atoms with Gasteiger partial charge in [-0.25, -0.2) is 0 Å². The van der Waals surface area contributed by atoms with Crippen LogP contribution < -0.4 is 9.47 Å². The fourth-order valence-electron chi connectivity index (χ4n) is 2.78. The van der Waals surface area contributed by atoms with Gasteiger partial charge in [0.2, 0.25) is 0 Å². The number of hydrogen-bond donors (Lipinski definition) is 0. The number of halogens is 3. The van der Waals surface area contributed by atoms with Crippen LogP contribution in [0.3, 0.4) is 0 Å². The van der Waals surface area contributed by atoms with E-state index >= 15 is 0 Å².